The van der Waals surface area contributed by atoms with Gasteiger partial charge in [0.2, 0.25) is 5.89 Å². The lowest BCUT2D eigenvalue weighted by atomic mass is 10.3. The highest BCUT2D eigenvalue weighted by Crippen LogP contribution is 2.29. The number of hydrogen-bond donors (Lipinski definition) is 0. The highest BCUT2D eigenvalue weighted by molar-refractivity contribution is 7.99. The van der Waals surface area contributed by atoms with Gasteiger partial charge in [0, 0.05) is 22.9 Å². The van der Waals surface area contributed by atoms with Crippen molar-refractivity contribution < 1.29 is 9.15 Å². The molecule has 3 rings (SSSR count). The molecule has 0 aliphatic rings. The lowest BCUT2D eigenvalue weighted by Gasteiger charge is -2.00. The van der Waals surface area contributed by atoms with Crippen LogP contribution in [0.3, 0.4) is 0 Å². The molecule has 5 nitrogen and oxygen atoms in total. The average Bonchev–Trinajstić information content (AvgIpc) is 2.97. The molecule has 0 amide bonds. The molecule has 0 atom stereocenters. The molecule has 2 aromatic heterocycles. The fraction of sp³-hybridized carbons (Fsp3) is 0.0714. The summed E-state index contributed by atoms with van der Waals surface area (Å²) in [5, 5.41) is 8.55. The SMILES string of the molecule is COc1ccc(Sc2nnc(-c3ccncc3)o2)cc1. The van der Waals surface area contributed by atoms with Gasteiger partial charge in [-0.1, -0.05) is 0 Å². The summed E-state index contributed by atoms with van der Waals surface area (Å²) in [7, 11) is 1.64. The predicted octanol–water partition coefficient (Wildman–Crippen LogP) is 3.29. The molecule has 2 heterocycles. The van der Waals surface area contributed by atoms with Gasteiger partial charge in [0.25, 0.3) is 5.22 Å². The second-order valence-electron chi connectivity index (χ2n) is 3.89. The number of aromatic nitrogens is 3. The first-order chi connectivity index (χ1) is 9.85. The summed E-state index contributed by atoms with van der Waals surface area (Å²) in [4.78, 5) is 4.96. The number of nitrogens with zero attached hydrogens (tertiary/aromatic N) is 3. The molecule has 0 unspecified atom stereocenters. The van der Waals surface area contributed by atoms with Crippen molar-refractivity contribution in [3.63, 3.8) is 0 Å². The summed E-state index contributed by atoms with van der Waals surface area (Å²) in [5.74, 6) is 1.31. The van der Waals surface area contributed by atoms with Crippen LogP contribution in [-0.2, 0) is 0 Å². The molecule has 0 radical (unpaired) electrons. The van der Waals surface area contributed by atoms with Crippen molar-refractivity contribution in [3.8, 4) is 17.2 Å². The Morgan fingerprint density at radius 1 is 1.00 bits per heavy atom. The van der Waals surface area contributed by atoms with Gasteiger partial charge in [0.1, 0.15) is 5.75 Å². The molecule has 0 aliphatic carbocycles. The van der Waals surface area contributed by atoms with E-state index in [1.165, 1.54) is 11.8 Å². The lowest BCUT2D eigenvalue weighted by Crippen LogP contribution is -1.81. The Kier molecular flexibility index (Phi) is 3.64. The van der Waals surface area contributed by atoms with Crippen LogP contribution >= 0.6 is 11.8 Å². The zero-order valence-corrected chi connectivity index (χ0v) is 11.5. The third-order valence-electron chi connectivity index (χ3n) is 2.60. The minimum Gasteiger partial charge on any atom is -0.497 e. The largest absolute Gasteiger partial charge is 0.497 e. The van der Waals surface area contributed by atoms with E-state index in [1.54, 1.807) is 19.5 Å². The van der Waals surface area contributed by atoms with Gasteiger partial charge in [-0.2, -0.15) is 0 Å². The van der Waals surface area contributed by atoms with Crippen LogP contribution in [0, 0.1) is 0 Å². The van der Waals surface area contributed by atoms with Crippen molar-refractivity contribution in [1.29, 1.82) is 0 Å². The van der Waals surface area contributed by atoms with Gasteiger partial charge in [0.15, 0.2) is 0 Å². The number of methoxy groups -OCH3 is 1. The lowest BCUT2D eigenvalue weighted by molar-refractivity contribution is 0.414. The van der Waals surface area contributed by atoms with Crippen LogP contribution in [0.25, 0.3) is 11.5 Å². The van der Waals surface area contributed by atoms with Crippen LogP contribution in [0.1, 0.15) is 0 Å². The second kappa shape index (κ2) is 5.75. The van der Waals surface area contributed by atoms with Crippen LogP contribution in [0.15, 0.2) is 63.3 Å². The molecule has 0 fully saturated rings. The molecule has 0 spiro atoms. The van der Waals surface area contributed by atoms with E-state index >= 15 is 0 Å². The molecular formula is C14H11N3O2S. The summed E-state index contributed by atoms with van der Waals surface area (Å²) in [6.07, 6.45) is 3.38. The fourth-order valence-corrected chi connectivity index (χ4v) is 2.28. The molecule has 6 heteroatoms. The zero-order valence-electron chi connectivity index (χ0n) is 10.7. The summed E-state index contributed by atoms with van der Waals surface area (Å²) in [6.45, 7) is 0. The van der Waals surface area contributed by atoms with Crippen LogP contribution in [0.5, 0.6) is 5.75 Å². The van der Waals surface area contributed by atoms with Gasteiger partial charge in [-0.15, -0.1) is 10.2 Å². The van der Waals surface area contributed by atoms with Crippen molar-refractivity contribution in [2.45, 2.75) is 10.1 Å². The number of rotatable bonds is 4. The van der Waals surface area contributed by atoms with E-state index in [1.807, 2.05) is 36.4 Å². The summed E-state index contributed by atoms with van der Waals surface area (Å²) in [5.41, 5.74) is 0.856. The van der Waals surface area contributed by atoms with E-state index < -0.39 is 0 Å². The second-order valence-corrected chi connectivity index (χ2v) is 4.91. The van der Waals surface area contributed by atoms with E-state index in [0.717, 1.165) is 16.2 Å². The van der Waals surface area contributed by atoms with Crippen molar-refractivity contribution in [1.82, 2.24) is 15.2 Å². The van der Waals surface area contributed by atoms with Crippen LogP contribution < -0.4 is 4.74 Å². The Morgan fingerprint density at radius 3 is 2.45 bits per heavy atom. The van der Waals surface area contributed by atoms with Crippen molar-refractivity contribution >= 4 is 11.8 Å². The molecule has 100 valence electrons. The van der Waals surface area contributed by atoms with Gasteiger partial charge in [-0.05, 0) is 48.2 Å². The highest BCUT2D eigenvalue weighted by Gasteiger charge is 2.09. The topological polar surface area (TPSA) is 61.0 Å². The molecule has 0 saturated carbocycles. The highest BCUT2D eigenvalue weighted by atomic mass is 32.2. The molecule has 3 aromatic rings. The normalized spacial score (nSPS) is 10.4. The van der Waals surface area contributed by atoms with Crippen LogP contribution in [0.4, 0.5) is 0 Å². The van der Waals surface area contributed by atoms with E-state index in [2.05, 4.69) is 15.2 Å². The third kappa shape index (κ3) is 2.80. The maximum Gasteiger partial charge on any atom is 0.281 e. The molecule has 0 saturated heterocycles. The Bertz CT molecular complexity index is 683. The van der Waals surface area contributed by atoms with E-state index in [-0.39, 0.29) is 0 Å². The quantitative estimate of drug-likeness (QED) is 0.733. The van der Waals surface area contributed by atoms with E-state index in [0.29, 0.717) is 11.1 Å². The van der Waals surface area contributed by atoms with Gasteiger partial charge in [-0.3, -0.25) is 4.98 Å². The van der Waals surface area contributed by atoms with Crippen LogP contribution in [-0.4, -0.2) is 22.3 Å². The maximum absolute atomic E-state index is 5.61. The van der Waals surface area contributed by atoms with Gasteiger partial charge in [-0.25, -0.2) is 0 Å². The summed E-state index contributed by atoms with van der Waals surface area (Å²) < 4.78 is 10.7. The number of pyridine rings is 1. The fourth-order valence-electron chi connectivity index (χ4n) is 1.61. The molecule has 0 bridgehead atoms. The molecule has 0 aliphatic heterocycles. The smallest absolute Gasteiger partial charge is 0.281 e. The predicted molar refractivity (Wildman–Crippen MR) is 74.6 cm³/mol. The number of ether oxygens (including phenoxy) is 1. The minimum absolute atomic E-state index is 0.489. The third-order valence-corrected chi connectivity index (χ3v) is 3.45. The summed E-state index contributed by atoms with van der Waals surface area (Å²) >= 11 is 1.41. The standard InChI is InChI=1S/C14H11N3O2S/c1-18-11-2-4-12(5-3-11)20-14-17-16-13(19-14)10-6-8-15-9-7-10/h2-9H,1H3. The Hall–Kier alpha value is -2.34. The van der Waals surface area contributed by atoms with Crippen molar-refractivity contribution in [3.05, 3.63) is 48.8 Å². The zero-order chi connectivity index (χ0) is 13.8. The van der Waals surface area contributed by atoms with Gasteiger partial charge in [0.05, 0.1) is 7.11 Å². The first-order valence-corrected chi connectivity index (χ1v) is 6.72. The number of hydrogen-bond acceptors (Lipinski definition) is 6. The maximum atomic E-state index is 5.61. The van der Waals surface area contributed by atoms with Crippen molar-refractivity contribution in [2.24, 2.45) is 0 Å². The minimum atomic E-state index is 0.489. The monoisotopic (exact) mass is 285 g/mol. The summed E-state index contributed by atoms with van der Waals surface area (Å²) in [6, 6.07) is 11.3. The first kappa shape index (κ1) is 12.7. The molecular weight excluding hydrogens is 274 g/mol. The molecule has 1 aromatic carbocycles. The van der Waals surface area contributed by atoms with E-state index in [9.17, 15) is 0 Å². The first-order valence-electron chi connectivity index (χ1n) is 5.91. The van der Waals surface area contributed by atoms with Gasteiger partial charge < -0.3 is 9.15 Å². The number of benzene rings is 1. The molecule has 0 N–H and O–H groups in total. The van der Waals surface area contributed by atoms with Gasteiger partial charge >= 0.3 is 0 Å². The Morgan fingerprint density at radius 2 is 1.75 bits per heavy atom. The molecule has 20 heavy (non-hydrogen) atoms. The van der Waals surface area contributed by atoms with E-state index in [4.69, 9.17) is 9.15 Å². The Balaban J connectivity index is 1.77. The van der Waals surface area contributed by atoms with Crippen molar-refractivity contribution in [2.75, 3.05) is 7.11 Å². The average molecular weight is 285 g/mol. The Labute approximate surface area is 120 Å². The van der Waals surface area contributed by atoms with Crippen LogP contribution in [0.2, 0.25) is 0 Å².